The molecule has 0 amide bonds. The van der Waals surface area contributed by atoms with Gasteiger partial charge in [-0.3, -0.25) is 0 Å². The monoisotopic (exact) mass is 308 g/mol. The molecule has 6 nitrogen and oxygen atoms in total. The van der Waals surface area contributed by atoms with Gasteiger partial charge in [0.05, 0.1) is 11.3 Å². The predicted molar refractivity (Wildman–Crippen MR) is 81.6 cm³/mol. The summed E-state index contributed by atoms with van der Waals surface area (Å²) in [5.41, 5.74) is 2.65. The highest BCUT2D eigenvalue weighted by molar-refractivity contribution is 7.89. The van der Waals surface area contributed by atoms with Crippen LogP contribution in [0.2, 0.25) is 0 Å². The number of rotatable bonds is 5. The molecule has 0 spiro atoms. The molecule has 1 aromatic heterocycles. The van der Waals surface area contributed by atoms with Gasteiger partial charge in [0.2, 0.25) is 10.0 Å². The Morgan fingerprint density at radius 3 is 2.76 bits per heavy atom. The van der Waals surface area contributed by atoms with Gasteiger partial charge in [0.1, 0.15) is 11.9 Å². The fourth-order valence-corrected chi connectivity index (χ4v) is 3.06. The number of hydrogen-bond acceptors (Lipinski definition) is 5. The van der Waals surface area contributed by atoms with Gasteiger partial charge in [-0.05, 0) is 37.3 Å². The van der Waals surface area contributed by atoms with Crippen LogP contribution in [-0.4, -0.2) is 44.1 Å². The molecule has 0 fully saturated rings. The highest BCUT2D eigenvalue weighted by Crippen LogP contribution is 2.24. The third kappa shape index (κ3) is 3.71. The van der Waals surface area contributed by atoms with Gasteiger partial charge in [-0.2, -0.15) is 5.26 Å². The van der Waals surface area contributed by atoms with Crippen molar-refractivity contribution < 1.29 is 8.42 Å². The lowest BCUT2D eigenvalue weighted by atomic mass is 9.95. The van der Waals surface area contributed by atoms with Gasteiger partial charge >= 0.3 is 0 Å². The number of hydrogen-bond donors (Lipinski definition) is 1. The molecule has 21 heavy (non-hydrogen) atoms. The Kier molecular flexibility index (Phi) is 4.80. The van der Waals surface area contributed by atoms with E-state index >= 15 is 0 Å². The molecule has 0 aliphatic heterocycles. The maximum absolute atomic E-state index is 11.7. The molecule has 0 radical (unpaired) electrons. The number of nitriles is 1. The molecular weight excluding hydrogens is 288 g/mol. The molecule has 0 atom stereocenters. The van der Waals surface area contributed by atoms with Gasteiger partial charge < -0.3 is 5.32 Å². The largest absolute Gasteiger partial charge is 0.368 e. The minimum Gasteiger partial charge on any atom is -0.368 e. The summed E-state index contributed by atoms with van der Waals surface area (Å²) in [5.74, 6) is 0.469. The molecule has 0 saturated carbocycles. The van der Waals surface area contributed by atoms with Crippen LogP contribution in [0.5, 0.6) is 0 Å². The van der Waals surface area contributed by atoms with E-state index in [2.05, 4.69) is 16.4 Å². The van der Waals surface area contributed by atoms with E-state index in [-0.39, 0.29) is 12.3 Å². The topological polar surface area (TPSA) is 86.1 Å². The van der Waals surface area contributed by atoms with Crippen molar-refractivity contribution in [2.24, 2.45) is 0 Å². The number of nitrogens with zero attached hydrogens (tertiary/aromatic N) is 3. The van der Waals surface area contributed by atoms with Crippen LogP contribution in [0.1, 0.15) is 29.7 Å². The van der Waals surface area contributed by atoms with E-state index in [4.69, 9.17) is 0 Å². The standard InChI is InChI=1S/C14H20N4O2S/c1-18(2)21(19,20)8-7-16-14-12(10-15)9-11-5-3-4-6-13(11)17-14/h9H,3-8H2,1-2H3,(H,16,17). The van der Waals surface area contributed by atoms with Crippen molar-refractivity contribution in [2.45, 2.75) is 25.7 Å². The van der Waals surface area contributed by atoms with E-state index < -0.39 is 10.0 Å². The zero-order valence-electron chi connectivity index (χ0n) is 12.4. The Labute approximate surface area is 125 Å². The molecule has 1 N–H and O–H groups in total. The van der Waals surface area contributed by atoms with Crippen LogP contribution in [0.3, 0.4) is 0 Å². The summed E-state index contributed by atoms with van der Waals surface area (Å²) >= 11 is 0. The number of nitrogens with one attached hydrogen (secondary N) is 1. The first-order chi connectivity index (χ1) is 9.94. The summed E-state index contributed by atoms with van der Waals surface area (Å²) < 4.78 is 24.6. The fourth-order valence-electron chi connectivity index (χ4n) is 2.33. The van der Waals surface area contributed by atoms with Gasteiger partial charge in [0.25, 0.3) is 0 Å². The van der Waals surface area contributed by atoms with E-state index in [0.29, 0.717) is 11.4 Å². The fraction of sp³-hybridized carbons (Fsp3) is 0.571. The van der Waals surface area contributed by atoms with Gasteiger partial charge in [0, 0.05) is 26.3 Å². The second-order valence-electron chi connectivity index (χ2n) is 5.33. The Morgan fingerprint density at radius 1 is 1.38 bits per heavy atom. The van der Waals surface area contributed by atoms with Crippen molar-refractivity contribution in [3.05, 3.63) is 22.9 Å². The van der Waals surface area contributed by atoms with Gasteiger partial charge in [-0.15, -0.1) is 0 Å². The van der Waals surface area contributed by atoms with Crippen LogP contribution in [-0.2, 0) is 22.9 Å². The second-order valence-corrected chi connectivity index (χ2v) is 7.64. The first kappa shape index (κ1) is 15.7. The van der Waals surface area contributed by atoms with Gasteiger partial charge in [0.15, 0.2) is 0 Å². The lowest BCUT2D eigenvalue weighted by Gasteiger charge is -2.17. The highest BCUT2D eigenvalue weighted by Gasteiger charge is 2.16. The maximum atomic E-state index is 11.7. The SMILES string of the molecule is CN(C)S(=O)(=O)CCNc1nc2c(cc1C#N)CCCC2. The number of pyridine rings is 1. The van der Waals surface area contributed by atoms with E-state index in [9.17, 15) is 13.7 Å². The third-order valence-electron chi connectivity index (χ3n) is 3.63. The number of sulfonamides is 1. The molecule has 7 heteroatoms. The van der Waals surface area contributed by atoms with E-state index in [1.165, 1.54) is 18.4 Å². The van der Waals surface area contributed by atoms with Crippen molar-refractivity contribution in [1.29, 1.82) is 5.26 Å². The Balaban J connectivity index is 2.11. The molecule has 2 rings (SSSR count). The van der Waals surface area contributed by atoms with Crippen LogP contribution in [0, 0.1) is 11.3 Å². The molecule has 0 saturated heterocycles. The zero-order valence-corrected chi connectivity index (χ0v) is 13.2. The smallest absolute Gasteiger partial charge is 0.215 e. The Hall–Kier alpha value is -1.65. The minimum absolute atomic E-state index is 0.0242. The number of aromatic nitrogens is 1. The molecule has 1 aromatic rings. The molecular formula is C14H20N4O2S. The second kappa shape index (κ2) is 6.41. The summed E-state index contributed by atoms with van der Waals surface area (Å²) in [5, 5.41) is 12.2. The van der Waals surface area contributed by atoms with Crippen LogP contribution < -0.4 is 5.32 Å². The van der Waals surface area contributed by atoms with E-state index in [1.54, 1.807) is 0 Å². The normalized spacial score (nSPS) is 14.6. The first-order valence-electron chi connectivity index (χ1n) is 7.01. The number of anilines is 1. The van der Waals surface area contributed by atoms with Crippen molar-refractivity contribution in [3.8, 4) is 6.07 Å². The number of fused-ring (bicyclic) bond motifs is 1. The lowest BCUT2D eigenvalue weighted by molar-refractivity contribution is 0.521. The van der Waals surface area contributed by atoms with E-state index in [1.807, 2.05) is 6.07 Å². The summed E-state index contributed by atoms with van der Waals surface area (Å²) in [7, 11) is -0.231. The molecule has 1 aliphatic rings. The van der Waals surface area contributed by atoms with Gasteiger partial charge in [-0.25, -0.2) is 17.7 Å². The minimum atomic E-state index is -3.25. The third-order valence-corrected chi connectivity index (χ3v) is 5.46. The zero-order chi connectivity index (χ0) is 15.5. The average Bonchev–Trinajstić information content (AvgIpc) is 2.46. The Morgan fingerprint density at radius 2 is 2.10 bits per heavy atom. The van der Waals surface area contributed by atoms with Crippen molar-refractivity contribution in [3.63, 3.8) is 0 Å². The van der Waals surface area contributed by atoms with Crippen LogP contribution in [0.4, 0.5) is 5.82 Å². The first-order valence-corrected chi connectivity index (χ1v) is 8.62. The maximum Gasteiger partial charge on any atom is 0.215 e. The molecule has 114 valence electrons. The van der Waals surface area contributed by atoms with Crippen LogP contribution >= 0.6 is 0 Å². The van der Waals surface area contributed by atoms with Crippen molar-refractivity contribution >= 4 is 15.8 Å². The van der Waals surface area contributed by atoms with Crippen molar-refractivity contribution in [2.75, 3.05) is 31.7 Å². The molecule has 1 aliphatic carbocycles. The van der Waals surface area contributed by atoms with E-state index in [0.717, 1.165) is 36.9 Å². The quantitative estimate of drug-likeness (QED) is 0.881. The van der Waals surface area contributed by atoms with Gasteiger partial charge in [-0.1, -0.05) is 0 Å². The summed E-state index contributed by atoms with van der Waals surface area (Å²) in [4.78, 5) is 4.51. The molecule has 0 bridgehead atoms. The lowest BCUT2D eigenvalue weighted by Crippen LogP contribution is -2.28. The highest BCUT2D eigenvalue weighted by atomic mass is 32.2. The van der Waals surface area contributed by atoms with Crippen LogP contribution in [0.15, 0.2) is 6.07 Å². The molecule has 0 unspecified atom stereocenters. The van der Waals surface area contributed by atoms with Crippen molar-refractivity contribution in [1.82, 2.24) is 9.29 Å². The Bertz CT molecular complexity index is 662. The summed E-state index contributed by atoms with van der Waals surface area (Å²) in [6, 6.07) is 4.01. The predicted octanol–water partition coefficient (Wildman–Crippen LogP) is 1.14. The molecule has 1 heterocycles. The molecule has 0 aromatic carbocycles. The number of aryl methyl sites for hydroxylation is 2. The summed E-state index contributed by atoms with van der Waals surface area (Å²) in [6.07, 6.45) is 4.13. The average molecular weight is 308 g/mol. The van der Waals surface area contributed by atoms with Crippen LogP contribution in [0.25, 0.3) is 0 Å². The summed E-state index contributed by atoms with van der Waals surface area (Å²) in [6.45, 7) is 0.237.